The third-order valence-electron chi connectivity index (χ3n) is 4.33. The van der Waals surface area contributed by atoms with Gasteiger partial charge in [0.05, 0.1) is 16.7 Å². The van der Waals surface area contributed by atoms with Crippen LogP contribution in [0.2, 0.25) is 10.2 Å². The van der Waals surface area contributed by atoms with Gasteiger partial charge in [-0.2, -0.15) is 18.4 Å². The summed E-state index contributed by atoms with van der Waals surface area (Å²) in [6.45, 7) is 1.37. The van der Waals surface area contributed by atoms with Crippen LogP contribution in [-0.2, 0) is 11.3 Å². The number of nitriles is 1. The molecule has 1 amide bonds. The molecule has 3 rings (SSSR count). The van der Waals surface area contributed by atoms with E-state index in [0.29, 0.717) is 5.82 Å². The van der Waals surface area contributed by atoms with Crippen molar-refractivity contribution in [3.8, 4) is 17.6 Å². The average molecular weight is 583 g/mol. The Morgan fingerprint density at radius 2 is 1.87 bits per heavy atom. The molecule has 0 aliphatic carbocycles. The average Bonchev–Trinajstić information content (AvgIpc) is 3.18. The van der Waals surface area contributed by atoms with E-state index in [1.807, 2.05) is 0 Å². The summed E-state index contributed by atoms with van der Waals surface area (Å²) < 4.78 is 78.2. The van der Waals surface area contributed by atoms with Crippen LogP contribution in [0.1, 0.15) is 39.4 Å². The van der Waals surface area contributed by atoms with Crippen molar-refractivity contribution in [3.05, 3.63) is 74.5 Å². The number of rotatable bonds is 6. The summed E-state index contributed by atoms with van der Waals surface area (Å²) in [4.78, 5) is 27.7. The number of benzene rings is 2. The number of carbonyl (C=O) groups is 2. The second kappa shape index (κ2) is 12.5. The summed E-state index contributed by atoms with van der Waals surface area (Å²) in [7, 11) is 0. The Hall–Kier alpha value is -3.96. The molecule has 0 spiro atoms. The molecule has 3 N–H and O–H groups in total. The first kappa shape index (κ1) is 30.3. The highest BCUT2D eigenvalue weighted by molar-refractivity contribution is 6.32. The number of nitrogens with zero attached hydrogens (tertiary/aromatic N) is 2. The number of H-pyrrole nitrogens is 1. The predicted molar refractivity (Wildman–Crippen MR) is 121 cm³/mol. The smallest absolute Gasteiger partial charge is 0.475 e. The van der Waals surface area contributed by atoms with Crippen molar-refractivity contribution in [3.63, 3.8) is 0 Å². The molecule has 1 heterocycles. The molecule has 38 heavy (non-hydrogen) atoms. The molecule has 0 radical (unpaired) electrons. The molecule has 8 nitrogen and oxygen atoms in total. The molecule has 202 valence electrons. The summed E-state index contributed by atoms with van der Waals surface area (Å²) in [6.07, 6.45) is -7.94. The van der Waals surface area contributed by atoms with Crippen LogP contribution in [0.4, 0.5) is 26.3 Å². The number of aryl methyl sites for hydroxylation is 1. The van der Waals surface area contributed by atoms with Crippen molar-refractivity contribution in [2.45, 2.75) is 26.1 Å². The zero-order chi connectivity index (χ0) is 28.8. The van der Waals surface area contributed by atoms with Gasteiger partial charge in [-0.15, -0.1) is 0 Å². The second-order valence-electron chi connectivity index (χ2n) is 7.13. The van der Waals surface area contributed by atoms with E-state index in [1.165, 1.54) is 18.2 Å². The molecule has 0 saturated carbocycles. The minimum absolute atomic E-state index is 0.0154. The van der Waals surface area contributed by atoms with Crippen LogP contribution in [0.5, 0.6) is 11.5 Å². The van der Waals surface area contributed by atoms with Gasteiger partial charge in [-0.3, -0.25) is 4.79 Å². The summed E-state index contributed by atoms with van der Waals surface area (Å²) in [5, 5.41) is 18.5. The van der Waals surface area contributed by atoms with Crippen molar-refractivity contribution >= 4 is 35.1 Å². The van der Waals surface area contributed by atoms with Crippen molar-refractivity contribution in [2.75, 3.05) is 0 Å². The van der Waals surface area contributed by atoms with Gasteiger partial charge in [0.2, 0.25) is 0 Å². The Balaban J connectivity index is 0.000000638. The summed E-state index contributed by atoms with van der Waals surface area (Å²) in [6, 6.07) is 7.56. The van der Waals surface area contributed by atoms with Gasteiger partial charge in [-0.25, -0.2) is 22.9 Å². The fraction of sp³-hybridized carbons (Fsp3) is 0.182. The van der Waals surface area contributed by atoms with Gasteiger partial charge < -0.3 is 20.1 Å². The zero-order valence-corrected chi connectivity index (χ0v) is 20.3. The predicted octanol–water partition coefficient (Wildman–Crippen LogP) is 6.33. The van der Waals surface area contributed by atoms with Crippen molar-refractivity contribution in [1.82, 2.24) is 15.3 Å². The number of aromatic amines is 1. The molecule has 16 heteroatoms. The number of aliphatic carboxylic acids is 1. The fourth-order valence-electron chi connectivity index (χ4n) is 2.67. The van der Waals surface area contributed by atoms with Gasteiger partial charge in [0, 0.05) is 17.7 Å². The molecule has 0 unspecified atom stereocenters. The molecule has 0 aliphatic rings. The van der Waals surface area contributed by atoms with Crippen LogP contribution in [0.25, 0.3) is 0 Å². The molecule has 0 fully saturated rings. The number of hydrogen-bond acceptors (Lipinski definition) is 5. The zero-order valence-electron chi connectivity index (χ0n) is 18.8. The van der Waals surface area contributed by atoms with Crippen LogP contribution in [0.3, 0.4) is 0 Å². The van der Waals surface area contributed by atoms with Gasteiger partial charge in [0.1, 0.15) is 16.7 Å². The first-order chi connectivity index (χ1) is 17.6. The van der Waals surface area contributed by atoms with Gasteiger partial charge in [0.15, 0.2) is 17.3 Å². The highest BCUT2D eigenvalue weighted by Crippen LogP contribution is 2.35. The van der Waals surface area contributed by atoms with Crippen LogP contribution >= 0.6 is 23.2 Å². The number of amides is 1. The van der Waals surface area contributed by atoms with E-state index < -0.39 is 41.6 Å². The van der Waals surface area contributed by atoms with Gasteiger partial charge in [0.25, 0.3) is 12.3 Å². The van der Waals surface area contributed by atoms with Crippen LogP contribution < -0.4 is 10.1 Å². The summed E-state index contributed by atoms with van der Waals surface area (Å²) in [5.74, 6) is -4.47. The number of aromatic nitrogens is 2. The van der Waals surface area contributed by atoms with Crippen molar-refractivity contribution in [1.29, 1.82) is 5.26 Å². The number of carboxylic acids is 1. The normalized spacial score (nSPS) is 10.9. The SMILES string of the molecule is Cc1nc(C(=O)NCc2ccc(Cl)c(Oc3cc(C#N)cc(C(F)F)c3)c2F)c(Cl)[nH]1.O=C(O)C(F)(F)F. The number of carbonyl (C=O) groups excluding carboxylic acids is 1. The Labute approximate surface area is 219 Å². The largest absolute Gasteiger partial charge is 0.490 e. The maximum Gasteiger partial charge on any atom is 0.490 e. The van der Waals surface area contributed by atoms with E-state index in [2.05, 4.69) is 15.3 Å². The van der Waals surface area contributed by atoms with Gasteiger partial charge in [-0.1, -0.05) is 29.3 Å². The number of imidazole rings is 1. The van der Waals surface area contributed by atoms with Gasteiger partial charge in [-0.05, 0) is 31.2 Å². The Morgan fingerprint density at radius 1 is 1.24 bits per heavy atom. The Bertz CT molecular complexity index is 1390. The molecule has 2 aromatic carbocycles. The third-order valence-corrected chi connectivity index (χ3v) is 4.91. The van der Waals surface area contributed by atoms with Crippen molar-refractivity contribution < 1.29 is 45.8 Å². The molecule has 0 atom stereocenters. The number of alkyl halides is 5. The van der Waals surface area contributed by atoms with E-state index in [4.69, 9.17) is 43.1 Å². The fourth-order valence-corrected chi connectivity index (χ4v) is 3.11. The molecular formula is C22H14Cl2F6N4O4. The lowest BCUT2D eigenvalue weighted by molar-refractivity contribution is -0.192. The maximum absolute atomic E-state index is 15.0. The van der Waals surface area contributed by atoms with E-state index >= 15 is 0 Å². The molecule has 1 aromatic heterocycles. The quantitative estimate of drug-likeness (QED) is 0.291. The lowest BCUT2D eigenvalue weighted by atomic mass is 10.1. The van der Waals surface area contributed by atoms with E-state index in [0.717, 1.165) is 12.1 Å². The number of nitrogens with one attached hydrogen (secondary N) is 2. The standard InChI is InChI=1S/C20H13Cl2F3N4O2.C2HF3O2/c1-9-28-16(18(22)29-9)20(30)27-8-11-2-3-14(21)17(15(11)23)31-13-5-10(7-26)4-12(6-13)19(24)25;3-2(4,5)1(6)7/h2-6,19H,8H2,1H3,(H,27,30)(H,28,29);(H,6,7). The minimum Gasteiger partial charge on any atom is -0.475 e. The Morgan fingerprint density at radius 3 is 2.37 bits per heavy atom. The molecule has 0 saturated heterocycles. The Kier molecular flexibility index (Phi) is 9.97. The van der Waals surface area contributed by atoms with Crippen molar-refractivity contribution in [2.24, 2.45) is 0 Å². The van der Waals surface area contributed by atoms with Gasteiger partial charge >= 0.3 is 12.1 Å². The monoisotopic (exact) mass is 582 g/mol. The first-order valence-corrected chi connectivity index (χ1v) is 10.7. The summed E-state index contributed by atoms with van der Waals surface area (Å²) >= 11 is 11.9. The molecular weight excluding hydrogens is 569 g/mol. The highest BCUT2D eigenvalue weighted by Gasteiger charge is 2.38. The lowest BCUT2D eigenvalue weighted by Gasteiger charge is -2.13. The van der Waals surface area contributed by atoms with E-state index in [1.54, 1.807) is 13.0 Å². The van der Waals surface area contributed by atoms with Crippen LogP contribution in [0, 0.1) is 24.1 Å². The third kappa shape index (κ3) is 8.02. The number of carboxylic acid groups (broad SMARTS) is 1. The number of halogens is 8. The molecule has 3 aromatic rings. The highest BCUT2D eigenvalue weighted by atomic mass is 35.5. The minimum atomic E-state index is -5.08. The number of hydrogen-bond donors (Lipinski definition) is 3. The van der Waals surface area contributed by atoms with E-state index in [-0.39, 0.29) is 39.3 Å². The van der Waals surface area contributed by atoms with Crippen LogP contribution in [-0.4, -0.2) is 33.1 Å². The summed E-state index contributed by atoms with van der Waals surface area (Å²) in [5.41, 5.74) is -0.571. The topological polar surface area (TPSA) is 128 Å². The second-order valence-corrected chi connectivity index (χ2v) is 7.91. The molecule has 0 aliphatic heterocycles. The number of ether oxygens (including phenoxy) is 1. The van der Waals surface area contributed by atoms with Crippen LogP contribution in [0.15, 0.2) is 30.3 Å². The first-order valence-electron chi connectivity index (χ1n) is 9.92. The maximum atomic E-state index is 15.0. The van der Waals surface area contributed by atoms with E-state index in [9.17, 15) is 31.1 Å². The molecule has 0 bridgehead atoms. The lowest BCUT2D eigenvalue weighted by Crippen LogP contribution is -2.24.